The molecule has 0 saturated heterocycles. The summed E-state index contributed by atoms with van der Waals surface area (Å²) in [7, 11) is 0. The largest absolute Gasteiger partial charge is 0.488 e. The minimum Gasteiger partial charge on any atom is -0.488 e. The van der Waals surface area contributed by atoms with Gasteiger partial charge in [0.1, 0.15) is 0 Å². The molecule has 2 aromatic carbocycles. The van der Waals surface area contributed by atoms with Crippen LogP contribution in [0.5, 0.6) is 5.75 Å². The van der Waals surface area contributed by atoms with Crippen molar-refractivity contribution < 1.29 is 23.4 Å². The van der Waals surface area contributed by atoms with Crippen molar-refractivity contribution in [3.8, 4) is 16.9 Å². The van der Waals surface area contributed by atoms with E-state index in [1.54, 1.807) is 0 Å². The summed E-state index contributed by atoms with van der Waals surface area (Å²) in [6, 6.07) is 10.4. The van der Waals surface area contributed by atoms with Gasteiger partial charge in [-0.15, -0.1) is 0 Å². The van der Waals surface area contributed by atoms with E-state index in [1.165, 1.54) is 43.4 Å². The second kappa shape index (κ2) is 8.98. The Labute approximate surface area is 158 Å². The maximum absolute atomic E-state index is 14.3. The van der Waals surface area contributed by atoms with Crippen molar-refractivity contribution in [2.45, 2.75) is 44.9 Å². The molecule has 0 bridgehead atoms. The van der Waals surface area contributed by atoms with E-state index in [-0.39, 0.29) is 19.4 Å². The Morgan fingerprint density at radius 1 is 1.07 bits per heavy atom. The normalized spacial score (nSPS) is 14.4. The predicted octanol–water partition coefficient (Wildman–Crippen LogP) is 5.61. The average molecular weight is 374 g/mol. The van der Waals surface area contributed by atoms with Crippen molar-refractivity contribution >= 4 is 5.97 Å². The molecule has 3 nitrogen and oxygen atoms in total. The Kier molecular flexibility index (Phi) is 6.43. The van der Waals surface area contributed by atoms with Gasteiger partial charge in [-0.3, -0.25) is 4.79 Å². The van der Waals surface area contributed by atoms with Crippen LogP contribution in [-0.4, -0.2) is 17.7 Å². The maximum Gasteiger partial charge on any atom is 0.303 e. The number of rotatable bonds is 8. The molecule has 0 amide bonds. The quantitative estimate of drug-likeness (QED) is 0.611. The van der Waals surface area contributed by atoms with Crippen LogP contribution >= 0.6 is 0 Å². The maximum atomic E-state index is 14.3. The smallest absolute Gasteiger partial charge is 0.303 e. The van der Waals surface area contributed by atoms with Crippen LogP contribution in [0.25, 0.3) is 11.1 Å². The summed E-state index contributed by atoms with van der Waals surface area (Å²) in [5.41, 5.74) is 2.44. The van der Waals surface area contributed by atoms with E-state index < -0.39 is 23.4 Å². The number of carboxylic acid groups (broad SMARTS) is 1. The van der Waals surface area contributed by atoms with Gasteiger partial charge in [-0.2, -0.15) is 0 Å². The third-order valence-electron chi connectivity index (χ3n) is 5.04. The Morgan fingerprint density at radius 3 is 2.44 bits per heavy atom. The molecule has 5 heteroatoms. The lowest BCUT2D eigenvalue weighted by atomic mass is 9.95. The fourth-order valence-electron chi connectivity index (χ4n) is 3.69. The number of ether oxygens (including phenoxy) is 1. The van der Waals surface area contributed by atoms with E-state index in [9.17, 15) is 13.6 Å². The number of hydrogen-bond acceptors (Lipinski definition) is 2. The summed E-state index contributed by atoms with van der Waals surface area (Å²) in [5, 5.41) is 8.59. The highest BCUT2D eigenvalue weighted by Gasteiger charge is 2.17. The fraction of sp³-hybridized carbons (Fsp3) is 0.409. The van der Waals surface area contributed by atoms with Crippen molar-refractivity contribution in [1.82, 2.24) is 0 Å². The lowest BCUT2D eigenvalue weighted by molar-refractivity contribution is -0.137. The van der Waals surface area contributed by atoms with Gasteiger partial charge in [-0.05, 0) is 47.6 Å². The van der Waals surface area contributed by atoms with E-state index in [1.807, 2.05) is 18.2 Å². The molecule has 0 spiro atoms. The molecule has 0 aliphatic heterocycles. The topological polar surface area (TPSA) is 46.5 Å². The van der Waals surface area contributed by atoms with Gasteiger partial charge in [0.2, 0.25) is 0 Å². The van der Waals surface area contributed by atoms with Crippen molar-refractivity contribution in [3.05, 3.63) is 53.6 Å². The number of hydrogen-bond donors (Lipinski definition) is 1. The van der Waals surface area contributed by atoms with Crippen LogP contribution in [0.4, 0.5) is 8.78 Å². The van der Waals surface area contributed by atoms with Crippen LogP contribution in [0.1, 0.15) is 44.1 Å². The van der Waals surface area contributed by atoms with Gasteiger partial charge in [-0.1, -0.05) is 49.9 Å². The van der Waals surface area contributed by atoms with Gasteiger partial charge < -0.3 is 9.84 Å². The summed E-state index contributed by atoms with van der Waals surface area (Å²) in [6.45, 7) is -0.0453. The van der Waals surface area contributed by atoms with Crippen LogP contribution in [0, 0.1) is 17.6 Å². The zero-order valence-corrected chi connectivity index (χ0v) is 15.2. The molecule has 1 aliphatic carbocycles. The number of benzene rings is 2. The van der Waals surface area contributed by atoms with Crippen LogP contribution < -0.4 is 4.74 Å². The van der Waals surface area contributed by atoms with Crippen molar-refractivity contribution in [1.29, 1.82) is 0 Å². The second-order valence-corrected chi connectivity index (χ2v) is 7.17. The van der Waals surface area contributed by atoms with Crippen LogP contribution in [0.15, 0.2) is 36.4 Å². The Morgan fingerprint density at radius 2 is 1.78 bits per heavy atom. The fourth-order valence-corrected chi connectivity index (χ4v) is 3.69. The highest BCUT2D eigenvalue weighted by Crippen LogP contribution is 2.32. The minimum atomic E-state index is -0.965. The molecule has 27 heavy (non-hydrogen) atoms. The molecule has 0 radical (unpaired) electrons. The van der Waals surface area contributed by atoms with Gasteiger partial charge >= 0.3 is 5.97 Å². The molecule has 1 saturated carbocycles. The third-order valence-corrected chi connectivity index (χ3v) is 5.04. The van der Waals surface area contributed by atoms with Gasteiger partial charge in [0.05, 0.1) is 6.61 Å². The third kappa shape index (κ3) is 5.28. The van der Waals surface area contributed by atoms with Gasteiger partial charge in [0, 0.05) is 6.42 Å². The van der Waals surface area contributed by atoms with Crippen molar-refractivity contribution in [2.24, 2.45) is 5.92 Å². The number of halogens is 2. The first-order chi connectivity index (χ1) is 13.0. The summed E-state index contributed by atoms with van der Waals surface area (Å²) >= 11 is 0. The van der Waals surface area contributed by atoms with E-state index >= 15 is 0 Å². The van der Waals surface area contributed by atoms with Crippen molar-refractivity contribution in [2.75, 3.05) is 6.61 Å². The average Bonchev–Trinajstić information content (AvgIpc) is 3.13. The summed E-state index contributed by atoms with van der Waals surface area (Å²) in [6.07, 6.45) is 6.17. The van der Waals surface area contributed by atoms with E-state index in [0.29, 0.717) is 11.5 Å². The molecule has 1 N–H and O–H groups in total. The molecule has 0 atom stereocenters. The van der Waals surface area contributed by atoms with Crippen LogP contribution in [-0.2, 0) is 11.2 Å². The molecular formula is C22H24F2O3. The van der Waals surface area contributed by atoms with E-state index in [2.05, 4.69) is 6.07 Å². The van der Waals surface area contributed by atoms with Crippen LogP contribution in [0.2, 0.25) is 0 Å². The predicted molar refractivity (Wildman–Crippen MR) is 99.8 cm³/mol. The lowest BCUT2D eigenvalue weighted by Crippen LogP contribution is -2.05. The van der Waals surface area contributed by atoms with E-state index in [4.69, 9.17) is 9.84 Å². The molecular weight excluding hydrogens is 350 g/mol. The number of aliphatic carboxylic acids is 1. The molecule has 0 aromatic heterocycles. The molecule has 144 valence electrons. The first-order valence-corrected chi connectivity index (χ1v) is 9.46. The highest BCUT2D eigenvalue weighted by atomic mass is 19.1. The highest BCUT2D eigenvalue weighted by molar-refractivity contribution is 5.66. The first-order valence-electron chi connectivity index (χ1n) is 9.46. The zero-order chi connectivity index (χ0) is 19.2. The first kappa shape index (κ1) is 19.3. The monoisotopic (exact) mass is 374 g/mol. The van der Waals surface area contributed by atoms with Crippen molar-refractivity contribution in [3.63, 3.8) is 0 Å². The van der Waals surface area contributed by atoms with Crippen LogP contribution in [0.3, 0.4) is 0 Å². The molecule has 2 aromatic rings. The Hall–Kier alpha value is -2.43. The number of carbonyl (C=O) groups is 1. The molecule has 3 rings (SSSR count). The molecule has 1 aliphatic rings. The summed E-state index contributed by atoms with van der Waals surface area (Å²) in [4.78, 5) is 10.5. The minimum absolute atomic E-state index is 0.0453. The lowest BCUT2D eigenvalue weighted by Gasteiger charge is -2.12. The molecule has 0 heterocycles. The Bertz CT molecular complexity index is 775. The van der Waals surface area contributed by atoms with Gasteiger partial charge in [-0.25, -0.2) is 8.78 Å². The Balaban J connectivity index is 1.72. The SMILES string of the molecule is O=C(O)CCCOc1c(F)cc(-c2cccc(CC3CCCC3)c2)cc1F. The number of carboxylic acids is 1. The van der Waals surface area contributed by atoms with Gasteiger partial charge in [0.15, 0.2) is 17.4 Å². The molecule has 0 unspecified atom stereocenters. The summed E-state index contributed by atoms with van der Waals surface area (Å²) in [5.74, 6) is -2.27. The standard InChI is InChI=1S/C22H24F2O3/c23-19-13-18(14-20(24)22(19)27-10-4-9-21(25)26)17-8-3-7-16(12-17)11-15-5-1-2-6-15/h3,7-8,12-15H,1-2,4-6,9-11H2,(H,25,26). The summed E-state index contributed by atoms with van der Waals surface area (Å²) < 4.78 is 33.8. The second-order valence-electron chi connectivity index (χ2n) is 7.17. The van der Waals surface area contributed by atoms with E-state index in [0.717, 1.165) is 12.0 Å². The van der Waals surface area contributed by atoms with Gasteiger partial charge in [0.25, 0.3) is 0 Å². The molecule has 1 fully saturated rings. The zero-order valence-electron chi connectivity index (χ0n) is 15.2.